The zero-order valence-electron chi connectivity index (χ0n) is 8.72. The van der Waals surface area contributed by atoms with Gasteiger partial charge in [0.25, 0.3) is 0 Å². The zero-order valence-corrected chi connectivity index (χ0v) is 9.47. The molecule has 0 aliphatic heterocycles. The van der Waals surface area contributed by atoms with E-state index in [1.165, 1.54) is 0 Å². The van der Waals surface area contributed by atoms with E-state index in [1.807, 2.05) is 6.92 Å². The van der Waals surface area contributed by atoms with Crippen molar-refractivity contribution in [3.05, 3.63) is 41.4 Å². The normalized spacial score (nSPS) is 9.73. The van der Waals surface area contributed by atoms with Crippen molar-refractivity contribution < 1.29 is 4.79 Å². The van der Waals surface area contributed by atoms with Gasteiger partial charge < -0.3 is 5.32 Å². The van der Waals surface area contributed by atoms with Gasteiger partial charge in [-0.1, -0.05) is 17.2 Å². The Labute approximate surface area is 94.9 Å². The molecule has 80 valence electrons. The van der Waals surface area contributed by atoms with E-state index in [4.69, 9.17) is 11.6 Å². The van der Waals surface area contributed by atoms with Crippen molar-refractivity contribution in [2.75, 3.05) is 5.32 Å². The lowest BCUT2D eigenvalue weighted by Crippen LogP contribution is -2.10. The SMILES string of the molecule is C=C(C)CCC(=O)Nc1ccc(Cl)cc1. The van der Waals surface area contributed by atoms with Crippen molar-refractivity contribution >= 4 is 23.2 Å². The average molecular weight is 224 g/mol. The van der Waals surface area contributed by atoms with Gasteiger partial charge in [-0.15, -0.1) is 6.58 Å². The average Bonchev–Trinajstić information content (AvgIpc) is 2.19. The van der Waals surface area contributed by atoms with E-state index in [2.05, 4.69) is 11.9 Å². The second kappa shape index (κ2) is 5.56. The van der Waals surface area contributed by atoms with Gasteiger partial charge in [-0.2, -0.15) is 0 Å². The van der Waals surface area contributed by atoms with Crippen LogP contribution in [0, 0.1) is 0 Å². The fraction of sp³-hybridized carbons (Fsp3) is 0.250. The van der Waals surface area contributed by atoms with Gasteiger partial charge in [0.1, 0.15) is 0 Å². The molecule has 15 heavy (non-hydrogen) atoms. The van der Waals surface area contributed by atoms with Gasteiger partial charge in [-0.3, -0.25) is 4.79 Å². The van der Waals surface area contributed by atoms with Gasteiger partial charge in [-0.05, 0) is 37.6 Å². The number of anilines is 1. The molecule has 0 heterocycles. The summed E-state index contributed by atoms with van der Waals surface area (Å²) in [6.07, 6.45) is 1.19. The van der Waals surface area contributed by atoms with E-state index in [-0.39, 0.29) is 5.91 Å². The number of hydrogen-bond acceptors (Lipinski definition) is 1. The van der Waals surface area contributed by atoms with Crippen LogP contribution in [0.3, 0.4) is 0 Å². The maximum Gasteiger partial charge on any atom is 0.224 e. The van der Waals surface area contributed by atoms with Crippen LogP contribution in [0.2, 0.25) is 5.02 Å². The molecule has 3 heteroatoms. The van der Waals surface area contributed by atoms with E-state index in [0.717, 1.165) is 17.7 Å². The first-order valence-electron chi connectivity index (χ1n) is 4.78. The van der Waals surface area contributed by atoms with Crippen LogP contribution in [-0.2, 0) is 4.79 Å². The van der Waals surface area contributed by atoms with Crippen LogP contribution in [0.15, 0.2) is 36.4 Å². The van der Waals surface area contributed by atoms with Crippen LogP contribution in [-0.4, -0.2) is 5.91 Å². The van der Waals surface area contributed by atoms with Crippen molar-refractivity contribution in [2.24, 2.45) is 0 Å². The third-order valence-electron chi connectivity index (χ3n) is 1.91. The molecule has 0 radical (unpaired) electrons. The largest absolute Gasteiger partial charge is 0.326 e. The smallest absolute Gasteiger partial charge is 0.224 e. The van der Waals surface area contributed by atoms with E-state index < -0.39 is 0 Å². The van der Waals surface area contributed by atoms with E-state index in [1.54, 1.807) is 24.3 Å². The number of hydrogen-bond donors (Lipinski definition) is 1. The molecule has 0 aliphatic carbocycles. The van der Waals surface area contributed by atoms with Crippen LogP contribution in [0.25, 0.3) is 0 Å². The van der Waals surface area contributed by atoms with Crippen molar-refractivity contribution in [1.82, 2.24) is 0 Å². The number of carbonyl (C=O) groups is 1. The minimum Gasteiger partial charge on any atom is -0.326 e. The van der Waals surface area contributed by atoms with Crippen molar-refractivity contribution in [2.45, 2.75) is 19.8 Å². The molecule has 1 rings (SSSR count). The van der Waals surface area contributed by atoms with Gasteiger partial charge in [0.2, 0.25) is 5.91 Å². The zero-order chi connectivity index (χ0) is 11.3. The predicted octanol–water partition coefficient (Wildman–Crippen LogP) is 3.63. The summed E-state index contributed by atoms with van der Waals surface area (Å²) < 4.78 is 0. The highest BCUT2D eigenvalue weighted by Crippen LogP contribution is 2.14. The Balaban J connectivity index is 2.44. The summed E-state index contributed by atoms with van der Waals surface area (Å²) in [7, 11) is 0. The Hall–Kier alpha value is -1.28. The van der Waals surface area contributed by atoms with Gasteiger partial charge in [0.05, 0.1) is 0 Å². The highest BCUT2D eigenvalue weighted by molar-refractivity contribution is 6.30. The molecule has 0 aliphatic rings. The second-order valence-electron chi connectivity index (χ2n) is 3.51. The summed E-state index contributed by atoms with van der Waals surface area (Å²) in [6.45, 7) is 5.66. The van der Waals surface area contributed by atoms with E-state index >= 15 is 0 Å². The molecule has 0 aromatic heterocycles. The van der Waals surface area contributed by atoms with Crippen LogP contribution in [0.5, 0.6) is 0 Å². The fourth-order valence-corrected chi connectivity index (χ4v) is 1.21. The summed E-state index contributed by atoms with van der Waals surface area (Å²) in [6, 6.07) is 7.05. The van der Waals surface area contributed by atoms with Crippen LogP contribution < -0.4 is 5.32 Å². The number of benzene rings is 1. The lowest BCUT2D eigenvalue weighted by molar-refractivity contribution is -0.116. The topological polar surface area (TPSA) is 29.1 Å². The van der Waals surface area contributed by atoms with Crippen LogP contribution in [0.1, 0.15) is 19.8 Å². The number of carbonyl (C=O) groups excluding carboxylic acids is 1. The first kappa shape index (κ1) is 11.8. The molecule has 0 unspecified atom stereocenters. The molecular formula is C12H14ClNO. The number of allylic oxidation sites excluding steroid dienone is 1. The Bertz CT molecular complexity index is 356. The summed E-state index contributed by atoms with van der Waals surface area (Å²) in [5, 5.41) is 3.45. The molecule has 2 nitrogen and oxygen atoms in total. The van der Waals surface area contributed by atoms with Crippen molar-refractivity contribution in [3.63, 3.8) is 0 Å². The molecule has 0 saturated heterocycles. The van der Waals surface area contributed by atoms with Crippen LogP contribution in [0.4, 0.5) is 5.69 Å². The summed E-state index contributed by atoms with van der Waals surface area (Å²) in [5.41, 5.74) is 1.78. The summed E-state index contributed by atoms with van der Waals surface area (Å²) in [4.78, 5) is 11.4. The minimum absolute atomic E-state index is 0.000299. The monoisotopic (exact) mass is 223 g/mol. The van der Waals surface area contributed by atoms with E-state index in [0.29, 0.717) is 11.4 Å². The third-order valence-corrected chi connectivity index (χ3v) is 2.16. The first-order valence-corrected chi connectivity index (χ1v) is 5.15. The number of amides is 1. The van der Waals surface area contributed by atoms with Crippen molar-refractivity contribution in [3.8, 4) is 0 Å². The first-order chi connectivity index (χ1) is 7.08. The van der Waals surface area contributed by atoms with E-state index in [9.17, 15) is 4.79 Å². The Morgan fingerprint density at radius 2 is 1.93 bits per heavy atom. The molecular weight excluding hydrogens is 210 g/mol. The summed E-state index contributed by atoms with van der Waals surface area (Å²) in [5.74, 6) is 0.000299. The third kappa shape index (κ3) is 4.66. The molecule has 1 N–H and O–H groups in total. The van der Waals surface area contributed by atoms with Crippen molar-refractivity contribution in [1.29, 1.82) is 0 Å². The number of nitrogens with one attached hydrogen (secondary N) is 1. The van der Waals surface area contributed by atoms with Gasteiger partial charge >= 0.3 is 0 Å². The van der Waals surface area contributed by atoms with Gasteiger partial charge in [0.15, 0.2) is 0 Å². The molecule has 1 aromatic rings. The molecule has 1 amide bonds. The maximum absolute atomic E-state index is 11.4. The summed E-state index contributed by atoms with van der Waals surface area (Å²) >= 11 is 5.73. The lowest BCUT2D eigenvalue weighted by Gasteiger charge is -2.04. The molecule has 0 fully saturated rings. The van der Waals surface area contributed by atoms with Crippen LogP contribution >= 0.6 is 11.6 Å². The van der Waals surface area contributed by atoms with Gasteiger partial charge in [-0.25, -0.2) is 0 Å². The lowest BCUT2D eigenvalue weighted by atomic mass is 10.2. The minimum atomic E-state index is 0.000299. The standard InChI is InChI=1S/C12H14ClNO/c1-9(2)3-8-12(15)14-11-6-4-10(13)5-7-11/h4-7H,1,3,8H2,2H3,(H,14,15). The number of halogens is 1. The highest BCUT2D eigenvalue weighted by atomic mass is 35.5. The quantitative estimate of drug-likeness (QED) is 0.776. The highest BCUT2D eigenvalue weighted by Gasteiger charge is 2.01. The Kier molecular flexibility index (Phi) is 4.37. The van der Waals surface area contributed by atoms with Gasteiger partial charge in [0, 0.05) is 17.1 Å². The predicted molar refractivity (Wildman–Crippen MR) is 64.1 cm³/mol. The molecule has 0 saturated carbocycles. The molecule has 1 aromatic carbocycles. The molecule has 0 bridgehead atoms. The number of rotatable bonds is 4. The Morgan fingerprint density at radius 1 is 1.33 bits per heavy atom. The Morgan fingerprint density at radius 3 is 2.47 bits per heavy atom. The fourth-order valence-electron chi connectivity index (χ4n) is 1.08. The second-order valence-corrected chi connectivity index (χ2v) is 3.95. The molecule has 0 spiro atoms. The maximum atomic E-state index is 11.4. The molecule has 0 atom stereocenters.